The molecule has 0 radical (unpaired) electrons. The number of rotatable bonds is 6. The molecule has 0 unspecified atom stereocenters. The van der Waals surface area contributed by atoms with Crippen LogP contribution < -0.4 is 5.32 Å². The second-order valence-corrected chi connectivity index (χ2v) is 2.95. The van der Waals surface area contributed by atoms with Gasteiger partial charge in [0.2, 0.25) is 5.82 Å². The van der Waals surface area contributed by atoms with Crippen LogP contribution in [0.25, 0.3) is 0 Å². The number of H-pyrrole nitrogens is 1. The molecule has 0 saturated heterocycles. The summed E-state index contributed by atoms with van der Waals surface area (Å²) in [5, 5.41) is 16.9. The van der Waals surface area contributed by atoms with Crippen LogP contribution >= 0.6 is 0 Å². The molecule has 3 N–H and O–H groups in total. The maximum atomic E-state index is 11.3. The maximum Gasteiger partial charge on any atom is 0.329 e. The number of aromatic amines is 1. The van der Waals surface area contributed by atoms with E-state index in [2.05, 4.69) is 20.5 Å². The van der Waals surface area contributed by atoms with Gasteiger partial charge in [-0.3, -0.25) is 9.89 Å². The fourth-order valence-electron chi connectivity index (χ4n) is 0.920. The van der Waals surface area contributed by atoms with Gasteiger partial charge < -0.3 is 15.2 Å². The number of hydrogen-bond donors (Lipinski definition) is 3. The molecule has 0 aliphatic carbocycles. The molecule has 1 amide bonds. The standard InChI is InChI=1S/C8H12N4O4/c1-5-10-7(12-11-5)8(15)9-2-3-16-4-6(13)14/h2-4H2,1H3,(H,9,15)(H,13,14)(H,10,11,12). The van der Waals surface area contributed by atoms with Crippen LogP contribution in [0, 0.1) is 6.92 Å². The van der Waals surface area contributed by atoms with Crippen molar-refractivity contribution in [3.8, 4) is 0 Å². The van der Waals surface area contributed by atoms with Crippen molar-refractivity contribution >= 4 is 11.9 Å². The zero-order valence-electron chi connectivity index (χ0n) is 8.69. The third-order valence-corrected chi connectivity index (χ3v) is 1.56. The Kier molecular flexibility index (Phi) is 4.40. The van der Waals surface area contributed by atoms with Gasteiger partial charge in [-0.25, -0.2) is 9.78 Å². The van der Waals surface area contributed by atoms with E-state index >= 15 is 0 Å². The minimum absolute atomic E-state index is 0.0516. The minimum Gasteiger partial charge on any atom is -0.480 e. The number of aryl methyl sites for hydroxylation is 1. The summed E-state index contributed by atoms with van der Waals surface area (Å²) in [4.78, 5) is 25.2. The second kappa shape index (κ2) is 5.81. The van der Waals surface area contributed by atoms with E-state index in [1.807, 2.05) is 0 Å². The Bertz CT molecular complexity index is 376. The first-order valence-corrected chi connectivity index (χ1v) is 4.56. The van der Waals surface area contributed by atoms with Crippen LogP contribution in [0.2, 0.25) is 0 Å². The Morgan fingerprint density at radius 3 is 2.88 bits per heavy atom. The molecule has 0 saturated carbocycles. The van der Waals surface area contributed by atoms with Crippen molar-refractivity contribution in [1.82, 2.24) is 20.5 Å². The molecule has 0 aliphatic rings. The molecule has 1 heterocycles. The molecule has 88 valence electrons. The van der Waals surface area contributed by atoms with Gasteiger partial charge in [0, 0.05) is 6.54 Å². The highest BCUT2D eigenvalue weighted by molar-refractivity contribution is 5.90. The number of carboxylic acid groups (broad SMARTS) is 1. The summed E-state index contributed by atoms with van der Waals surface area (Å²) in [5.41, 5.74) is 0. The van der Waals surface area contributed by atoms with Gasteiger partial charge in [0.1, 0.15) is 12.4 Å². The maximum absolute atomic E-state index is 11.3. The molecule has 8 nitrogen and oxygen atoms in total. The van der Waals surface area contributed by atoms with Gasteiger partial charge in [-0.15, -0.1) is 5.10 Å². The predicted octanol–water partition coefficient (Wildman–Crippen LogP) is -1.06. The molecule has 1 aromatic heterocycles. The summed E-state index contributed by atoms with van der Waals surface area (Å²) in [5.74, 6) is -0.873. The van der Waals surface area contributed by atoms with Gasteiger partial charge in [0.05, 0.1) is 6.61 Å². The third kappa shape index (κ3) is 4.05. The SMILES string of the molecule is Cc1nc(C(=O)NCCOCC(=O)O)n[nH]1. The number of aromatic nitrogens is 3. The van der Waals surface area contributed by atoms with Crippen molar-refractivity contribution in [2.45, 2.75) is 6.92 Å². The molecule has 0 aliphatic heterocycles. The zero-order valence-corrected chi connectivity index (χ0v) is 8.69. The second-order valence-electron chi connectivity index (χ2n) is 2.95. The Balaban J connectivity index is 2.18. The monoisotopic (exact) mass is 228 g/mol. The van der Waals surface area contributed by atoms with Crippen LogP contribution in [-0.2, 0) is 9.53 Å². The van der Waals surface area contributed by atoms with Gasteiger partial charge in [-0.05, 0) is 6.92 Å². The van der Waals surface area contributed by atoms with Crippen molar-refractivity contribution in [1.29, 1.82) is 0 Å². The first kappa shape index (κ1) is 12.1. The molecule has 0 aromatic carbocycles. The molecule has 16 heavy (non-hydrogen) atoms. The van der Waals surface area contributed by atoms with E-state index in [1.54, 1.807) is 6.92 Å². The number of nitrogens with zero attached hydrogens (tertiary/aromatic N) is 2. The lowest BCUT2D eigenvalue weighted by Crippen LogP contribution is -2.28. The normalized spacial score (nSPS) is 10.1. The van der Waals surface area contributed by atoms with E-state index in [-0.39, 0.29) is 25.6 Å². The lowest BCUT2D eigenvalue weighted by atomic mass is 10.5. The van der Waals surface area contributed by atoms with E-state index in [4.69, 9.17) is 9.84 Å². The van der Waals surface area contributed by atoms with Gasteiger partial charge in [0.25, 0.3) is 5.91 Å². The molecule has 0 spiro atoms. The summed E-state index contributed by atoms with van der Waals surface area (Å²) in [6.07, 6.45) is 0. The molecule has 1 aromatic rings. The molecule has 8 heteroatoms. The van der Waals surface area contributed by atoms with Crippen molar-refractivity contribution in [2.75, 3.05) is 19.8 Å². The van der Waals surface area contributed by atoms with Crippen LogP contribution in [0.15, 0.2) is 0 Å². The van der Waals surface area contributed by atoms with E-state index in [9.17, 15) is 9.59 Å². The summed E-state index contributed by atoms with van der Waals surface area (Å²) < 4.78 is 4.72. The molecule has 0 bridgehead atoms. The van der Waals surface area contributed by atoms with Crippen LogP contribution in [0.5, 0.6) is 0 Å². The Labute approximate surface area is 91.0 Å². The van der Waals surface area contributed by atoms with Gasteiger partial charge in [-0.1, -0.05) is 0 Å². The summed E-state index contributed by atoms with van der Waals surface area (Å²) in [6.45, 7) is 1.64. The minimum atomic E-state index is -1.05. The highest BCUT2D eigenvalue weighted by Crippen LogP contribution is 1.89. The van der Waals surface area contributed by atoms with Crippen LogP contribution in [0.4, 0.5) is 0 Å². The van der Waals surface area contributed by atoms with Crippen molar-refractivity contribution in [2.24, 2.45) is 0 Å². The fraction of sp³-hybridized carbons (Fsp3) is 0.500. The smallest absolute Gasteiger partial charge is 0.329 e. The topological polar surface area (TPSA) is 117 Å². The molecular formula is C8H12N4O4. The van der Waals surface area contributed by atoms with Crippen molar-refractivity contribution in [3.05, 3.63) is 11.6 Å². The first-order chi connectivity index (χ1) is 7.59. The number of carbonyl (C=O) groups excluding carboxylic acids is 1. The van der Waals surface area contributed by atoms with Crippen molar-refractivity contribution < 1.29 is 19.4 Å². The lowest BCUT2D eigenvalue weighted by Gasteiger charge is -2.02. The number of hydrogen-bond acceptors (Lipinski definition) is 5. The number of nitrogens with one attached hydrogen (secondary N) is 2. The van der Waals surface area contributed by atoms with E-state index < -0.39 is 11.9 Å². The Morgan fingerprint density at radius 2 is 2.31 bits per heavy atom. The zero-order chi connectivity index (χ0) is 12.0. The lowest BCUT2D eigenvalue weighted by molar-refractivity contribution is -0.142. The highest BCUT2D eigenvalue weighted by Gasteiger charge is 2.09. The highest BCUT2D eigenvalue weighted by atomic mass is 16.5. The number of aliphatic carboxylic acids is 1. The average molecular weight is 228 g/mol. The number of carboxylic acids is 1. The predicted molar refractivity (Wildman–Crippen MR) is 51.9 cm³/mol. The summed E-state index contributed by atoms with van der Waals surface area (Å²) in [7, 11) is 0. The number of carbonyl (C=O) groups is 2. The van der Waals surface area contributed by atoms with Gasteiger partial charge >= 0.3 is 5.97 Å². The number of ether oxygens (including phenoxy) is 1. The number of amides is 1. The van der Waals surface area contributed by atoms with E-state index in [0.717, 1.165) is 0 Å². The Morgan fingerprint density at radius 1 is 1.56 bits per heavy atom. The summed E-state index contributed by atoms with van der Waals surface area (Å²) in [6, 6.07) is 0. The molecule has 1 rings (SSSR count). The quantitative estimate of drug-likeness (QED) is 0.534. The van der Waals surface area contributed by atoms with E-state index in [0.29, 0.717) is 5.82 Å². The van der Waals surface area contributed by atoms with Crippen LogP contribution in [-0.4, -0.2) is 51.9 Å². The molecular weight excluding hydrogens is 216 g/mol. The van der Waals surface area contributed by atoms with Crippen molar-refractivity contribution in [3.63, 3.8) is 0 Å². The first-order valence-electron chi connectivity index (χ1n) is 4.56. The third-order valence-electron chi connectivity index (χ3n) is 1.56. The van der Waals surface area contributed by atoms with Crippen LogP contribution in [0.1, 0.15) is 16.4 Å². The van der Waals surface area contributed by atoms with Gasteiger partial charge in [0.15, 0.2) is 0 Å². The largest absolute Gasteiger partial charge is 0.480 e. The average Bonchev–Trinajstić information content (AvgIpc) is 2.63. The summed E-state index contributed by atoms with van der Waals surface area (Å²) >= 11 is 0. The van der Waals surface area contributed by atoms with Gasteiger partial charge in [-0.2, -0.15) is 0 Å². The molecule has 0 atom stereocenters. The molecule has 0 fully saturated rings. The van der Waals surface area contributed by atoms with E-state index in [1.165, 1.54) is 0 Å². The van der Waals surface area contributed by atoms with Crippen LogP contribution in [0.3, 0.4) is 0 Å². The Hall–Kier alpha value is -1.96. The fourth-order valence-corrected chi connectivity index (χ4v) is 0.920.